The normalized spacial score (nSPS) is 10.5. The molecule has 0 aliphatic carbocycles. The van der Waals surface area contributed by atoms with Gasteiger partial charge in [-0.25, -0.2) is 5.43 Å². The maximum atomic E-state index is 12.4. The van der Waals surface area contributed by atoms with Crippen LogP contribution < -0.4 is 20.8 Å². The number of anilines is 1. The number of hydrogen-bond acceptors (Lipinski definition) is 5. The van der Waals surface area contributed by atoms with E-state index in [0.29, 0.717) is 17.9 Å². The summed E-state index contributed by atoms with van der Waals surface area (Å²) in [6.07, 6.45) is 1.35. The summed E-state index contributed by atoms with van der Waals surface area (Å²) in [6.45, 7) is 7.75. The number of nitrogens with zero attached hydrogens (tertiary/aromatic N) is 1. The number of hydrazone groups is 1. The quantitative estimate of drug-likeness (QED) is 0.369. The van der Waals surface area contributed by atoms with Crippen molar-refractivity contribution >= 4 is 29.6 Å². The summed E-state index contributed by atoms with van der Waals surface area (Å²) in [4.78, 5) is 35.3. The molecule has 0 unspecified atom stereocenters. The Bertz CT molecular complexity index is 946. The third-order valence-corrected chi connectivity index (χ3v) is 4.13. The predicted octanol–water partition coefficient (Wildman–Crippen LogP) is 2.22. The maximum absolute atomic E-state index is 12.4. The van der Waals surface area contributed by atoms with E-state index in [9.17, 15) is 14.4 Å². The van der Waals surface area contributed by atoms with Crippen LogP contribution in [0.15, 0.2) is 41.5 Å². The Morgan fingerprint density at radius 3 is 2.37 bits per heavy atom. The van der Waals surface area contributed by atoms with E-state index >= 15 is 0 Å². The van der Waals surface area contributed by atoms with Crippen LogP contribution in [0.1, 0.15) is 29.2 Å². The summed E-state index contributed by atoms with van der Waals surface area (Å²) in [6, 6.07) is 10.9. The SMILES string of the molecule is CCNC(=O)C(=O)N/N=C\c1ccccc1OCC(=O)Nc1c(C)cc(C)cc1C. The fourth-order valence-corrected chi connectivity index (χ4v) is 2.87. The van der Waals surface area contributed by atoms with Gasteiger partial charge in [0.1, 0.15) is 5.75 Å². The van der Waals surface area contributed by atoms with Crippen molar-refractivity contribution in [2.24, 2.45) is 5.10 Å². The van der Waals surface area contributed by atoms with Crippen molar-refractivity contribution in [3.05, 3.63) is 58.7 Å². The fraction of sp³-hybridized carbons (Fsp3) is 0.273. The third-order valence-electron chi connectivity index (χ3n) is 4.13. The minimum atomic E-state index is -0.866. The highest BCUT2D eigenvalue weighted by Gasteiger charge is 2.12. The molecule has 8 heteroatoms. The molecule has 158 valence electrons. The summed E-state index contributed by atoms with van der Waals surface area (Å²) in [7, 11) is 0. The number of carbonyl (C=O) groups excluding carboxylic acids is 3. The Hall–Kier alpha value is -3.68. The summed E-state index contributed by atoms with van der Waals surface area (Å²) in [5.41, 5.74) is 6.56. The molecule has 0 saturated carbocycles. The first kappa shape index (κ1) is 22.6. The van der Waals surface area contributed by atoms with Crippen LogP contribution in [-0.4, -0.2) is 37.1 Å². The van der Waals surface area contributed by atoms with Gasteiger partial charge in [0.25, 0.3) is 5.91 Å². The lowest BCUT2D eigenvalue weighted by atomic mass is 10.1. The molecular weight excluding hydrogens is 384 g/mol. The van der Waals surface area contributed by atoms with Crippen molar-refractivity contribution in [1.82, 2.24) is 10.7 Å². The molecule has 3 amide bonds. The highest BCUT2D eigenvalue weighted by molar-refractivity contribution is 6.35. The Morgan fingerprint density at radius 2 is 1.70 bits per heavy atom. The van der Waals surface area contributed by atoms with E-state index in [0.717, 1.165) is 22.4 Å². The zero-order valence-electron chi connectivity index (χ0n) is 17.5. The van der Waals surface area contributed by atoms with Gasteiger partial charge in [-0.15, -0.1) is 0 Å². The molecule has 0 heterocycles. The van der Waals surface area contributed by atoms with Crippen LogP contribution >= 0.6 is 0 Å². The van der Waals surface area contributed by atoms with Crippen LogP contribution in [0.4, 0.5) is 5.69 Å². The van der Waals surface area contributed by atoms with Crippen molar-refractivity contribution in [2.45, 2.75) is 27.7 Å². The Morgan fingerprint density at radius 1 is 1.03 bits per heavy atom. The van der Waals surface area contributed by atoms with Gasteiger partial charge in [-0.05, 0) is 51.0 Å². The van der Waals surface area contributed by atoms with Crippen molar-refractivity contribution < 1.29 is 19.1 Å². The molecule has 2 aromatic carbocycles. The van der Waals surface area contributed by atoms with E-state index in [-0.39, 0.29) is 12.5 Å². The van der Waals surface area contributed by atoms with Gasteiger partial charge in [-0.3, -0.25) is 14.4 Å². The lowest BCUT2D eigenvalue weighted by Crippen LogP contribution is -2.37. The van der Waals surface area contributed by atoms with Crippen molar-refractivity contribution in [2.75, 3.05) is 18.5 Å². The average molecular weight is 410 g/mol. The summed E-state index contributed by atoms with van der Waals surface area (Å²) in [5.74, 6) is -1.50. The highest BCUT2D eigenvalue weighted by atomic mass is 16.5. The van der Waals surface area contributed by atoms with Crippen molar-refractivity contribution in [3.63, 3.8) is 0 Å². The summed E-state index contributed by atoms with van der Waals surface area (Å²) < 4.78 is 5.62. The van der Waals surface area contributed by atoms with Gasteiger partial charge in [-0.2, -0.15) is 5.10 Å². The molecule has 0 bridgehead atoms. The molecule has 8 nitrogen and oxygen atoms in total. The summed E-state index contributed by atoms with van der Waals surface area (Å²) in [5, 5.41) is 9.02. The molecule has 0 aliphatic rings. The molecule has 3 N–H and O–H groups in total. The van der Waals surface area contributed by atoms with Gasteiger partial charge >= 0.3 is 11.8 Å². The smallest absolute Gasteiger partial charge is 0.329 e. The molecule has 0 radical (unpaired) electrons. The highest BCUT2D eigenvalue weighted by Crippen LogP contribution is 2.22. The van der Waals surface area contributed by atoms with Crippen LogP contribution in [-0.2, 0) is 14.4 Å². The maximum Gasteiger partial charge on any atom is 0.329 e. The molecule has 0 aliphatic heterocycles. The molecule has 0 fully saturated rings. The number of rotatable bonds is 7. The summed E-state index contributed by atoms with van der Waals surface area (Å²) >= 11 is 0. The van der Waals surface area contributed by atoms with E-state index in [2.05, 4.69) is 21.2 Å². The largest absolute Gasteiger partial charge is 0.483 e. The molecule has 0 aromatic heterocycles. The van der Waals surface area contributed by atoms with E-state index in [1.165, 1.54) is 6.21 Å². The first-order chi connectivity index (χ1) is 14.3. The standard InChI is InChI=1S/C22H26N4O4/c1-5-23-21(28)22(29)26-24-12-17-8-6-7-9-18(17)30-13-19(27)25-20-15(3)10-14(2)11-16(20)4/h6-12H,5,13H2,1-4H3,(H,23,28)(H,25,27)(H,26,29)/b24-12-. The zero-order valence-corrected chi connectivity index (χ0v) is 17.5. The molecule has 2 rings (SSSR count). The van der Waals surface area contributed by atoms with Gasteiger partial charge in [0, 0.05) is 17.8 Å². The fourth-order valence-electron chi connectivity index (χ4n) is 2.87. The van der Waals surface area contributed by atoms with Gasteiger partial charge < -0.3 is 15.4 Å². The molecule has 0 spiro atoms. The second-order valence-corrected chi connectivity index (χ2v) is 6.71. The topological polar surface area (TPSA) is 109 Å². The first-order valence-corrected chi connectivity index (χ1v) is 9.52. The first-order valence-electron chi connectivity index (χ1n) is 9.52. The van der Waals surface area contributed by atoms with Crippen LogP contribution in [0.5, 0.6) is 5.75 Å². The van der Waals surface area contributed by atoms with E-state index in [1.807, 2.05) is 32.9 Å². The molecule has 30 heavy (non-hydrogen) atoms. The van der Waals surface area contributed by atoms with Crippen molar-refractivity contribution in [1.29, 1.82) is 0 Å². The van der Waals surface area contributed by atoms with E-state index in [1.54, 1.807) is 31.2 Å². The molecule has 0 saturated heterocycles. The molecule has 2 aromatic rings. The van der Waals surface area contributed by atoms with Gasteiger partial charge in [0.05, 0.1) is 6.21 Å². The Balaban J connectivity index is 1.98. The zero-order chi connectivity index (χ0) is 22.1. The monoisotopic (exact) mass is 410 g/mol. The number of carbonyl (C=O) groups is 3. The number of hydrogen-bond donors (Lipinski definition) is 3. The Kier molecular flexibility index (Phi) is 8.10. The van der Waals surface area contributed by atoms with Crippen molar-refractivity contribution in [3.8, 4) is 5.75 Å². The van der Waals surface area contributed by atoms with E-state index in [4.69, 9.17) is 4.74 Å². The number of aryl methyl sites for hydroxylation is 3. The number of nitrogens with one attached hydrogen (secondary N) is 3. The number of likely N-dealkylation sites (N-methyl/N-ethyl adjacent to an activating group) is 1. The third kappa shape index (κ3) is 6.44. The number of ether oxygens (including phenoxy) is 1. The van der Waals surface area contributed by atoms with Gasteiger partial charge in [0.15, 0.2) is 6.61 Å². The average Bonchev–Trinajstić information content (AvgIpc) is 2.70. The van der Waals surface area contributed by atoms with E-state index < -0.39 is 11.8 Å². The minimum absolute atomic E-state index is 0.192. The van der Waals surface area contributed by atoms with Gasteiger partial charge in [-0.1, -0.05) is 29.8 Å². The van der Waals surface area contributed by atoms with Crippen LogP contribution in [0.2, 0.25) is 0 Å². The second kappa shape index (κ2) is 10.8. The lowest BCUT2D eigenvalue weighted by molar-refractivity contribution is -0.139. The van der Waals surface area contributed by atoms with Gasteiger partial charge in [0.2, 0.25) is 0 Å². The Labute approximate surface area is 175 Å². The second-order valence-electron chi connectivity index (χ2n) is 6.71. The van der Waals surface area contributed by atoms with Crippen LogP contribution in [0.3, 0.4) is 0 Å². The molecular formula is C22H26N4O4. The number of amides is 3. The van der Waals surface area contributed by atoms with Crippen LogP contribution in [0, 0.1) is 20.8 Å². The van der Waals surface area contributed by atoms with Crippen LogP contribution in [0.25, 0.3) is 0 Å². The minimum Gasteiger partial charge on any atom is -0.483 e. The number of benzene rings is 2. The predicted molar refractivity (Wildman–Crippen MR) is 116 cm³/mol. The number of para-hydroxylation sites is 1. The lowest BCUT2D eigenvalue weighted by Gasteiger charge is -2.14. The molecule has 0 atom stereocenters.